The molecular formula is C19H18N2. The standard InChI is InChI=1S/C19H18N2/c1-19(11-12-19)17-7-3-15(4-8-17)16-5-9-18(10-6-16)21-14-2-13-20-21/h2-10,13-14H,11-12H2,1H3. The van der Waals surface area contributed by atoms with E-state index in [4.69, 9.17) is 0 Å². The Bertz CT molecular complexity index is 733. The van der Waals surface area contributed by atoms with Crippen LogP contribution in [0.25, 0.3) is 16.8 Å². The van der Waals surface area contributed by atoms with E-state index in [9.17, 15) is 0 Å². The topological polar surface area (TPSA) is 17.8 Å². The van der Waals surface area contributed by atoms with Crippen LogP contribution >= 0.6 is 0 Å². The molecule has 0 saturated heterocycles. The zero-order chi connectivity index (χ0) is 14.3. The number of hydrogen-bond donors (Lipinski definition) is 0. The summed E-state index contributed by atoms with van der Waals surface area (Å²) < 4.78 is 1.88. The van der Waals surface area contributed by atoms with Crippen LogP contribution in [-0.2, 0) is 5.41 Å². The van der Waals surface area contributed by atoms with Crippen LogP contribution in [-0.4, -0.2) is 9.78 Å². The van der Waals surface area contributed by atoms with Gasteiger partial charge in [0, 0.05) is 12.4 Å². The molecule has 1 aliphatic rings. The van der Waals surface area contributed by atoms with Crippen molar-refractivity contribution in [2.75, 3.05) is 0 Å². The maximum atomic E-state index is 4.25. The van der Waals surface area contributed by atoms with Crippen LogP contribution in [0.3, 0.4) is 0 Å². The van der Waals surface area contributed by atoms with Gasteiger partial charge in [0.25, 0.3) is 0 Å². The molecule has 104 valence electrons. The van der Waals surface area contributed by atoms with Gasteiger partial charge in [0.2, 0.25) is 0 Å². The first-order chi connectivity index (χ1) is 10.2. The van der Waals surface area contributed by atoms with Crippen molar-refractivity contribution in [1.82, 2.24) is 9.78 Å². The zero-order valence-electron chi connectivity index (χ0n) is 12.2. The molecule has 1 aromatic heterocycles. The number of benzene rings is 2. The minimum absolute atomic E-state index is 0.447. The van der Waals surface area contributed by atoms with Crippen LogP contribution in [0.5, 0.6) is 0 Å². The van der Waals surface area contributed by atoms with Crippen LogP contribution in [0.1, 0.15) is 25.3 Å². The van der Waals surface area contributed by atoms with E-state index in [1.807, 2.05) is 16.9 Å². The lowest BCUT2D eigenvalue weighted by Gasteiger charge is -2.10. The van der Waals surface area contributed by atoms with Gasteiger partial charge in [-0.15, -0.1) is 0 Å². The summed E-state index contributed by atoms with van der Waals surface area (Å²) in [5.41, 5.74) is 5.53. The molecule has 0 radical (unpaired) electrons. The van der Waals surface area contributed by atoms with Gasteiger partial charge in [-0.3, -0.25) is 0 Å². The molecule has 2 heteroatoms. The minimum Gasteiger partial charge on any atom is -0.241 e. The van der Waals surface area contributed by atoms with Crippen LogP contribution in [0.2, 0.25) is 0 Å². The molecule has 0 atom stereocenters. The number of rotatable bonds is 3. The van der Waals surface area contributed by atoms with Gasteiger partial charge >= 0.3 is 0 Å². The van der Waals surface area contributed by atoms with Crippen molar-refractivity contribution in [1.29, 1.82) is 0 Å². The maximum absolute atomic E-state index is 4.25. The van der Waals surface area contributed by atoms with Gasteiger partial charge in [0.05, 0.1) is 5.69 Å². The molecule has 1 fully saturated rings. The Kier molecular flexibility index (Phi) is 2.71. The summed E-state index contributed by atoms with van der Waals surface area (Å²) in [6.07, 6.45) is 6.40. The average molecular weight is 274 g/mol. The van der Waals surface area contributed by atoms with E-state index in [0.29, 0.717) is 5.41 Å². The monoisotopic (exact) mass is 274 g/mol. The predicted octanol–water partition coefficient (Wildman–Crippen LogP) is 4.59. The largest absolute Gasteiger partial charge is 0.241 e. The normalized spacial score (nSPS) is 15.9. The van der Waals surface area contributed by atoms with Gasteiger partial charge in [0.15, 0.2) is 0 Å². The highest BCUT2D eigenvalue weighted by atomic mass is 15.3. The Labute approximate surface area is 125 Å². The third-order valence-corrected chi connectivity index (χ3v) is 4.55. The highest BCUT2D eigenvalue weighted by Crippen LogP contribution is 2.47. The first kappa shape index (κ1) is 12.4. The Hall–Kier alpha value is -2.35. The molecule has 0 unspecified atom stereocenters. The Morgan fingerprint density at radius 1 is 0.905 bits per heavy atom. The highest BCUT2D eigenvalue weighted by molar-refractivity contribution is 5.65. The third kappa shape index (κ3) is 2.27. The third-order valence-electron chi connectivity index (χ3n) is 4.55. The zero-order valence-corrected chi connectivity index (χ0v) is 12.2. The number of hydrogen-bond acceptors (Lipinski definition) is 1. The summed E-state index contributed by atoms with van der Waals surface area (Å²) in [7, 11) is 0. The van der Waals surface area contributed by atoms with E-state index >= 15 is 0 Å². The smallest absolute Gasteiger partial charge is 0.0645 e. The molecule has 0 aliphatic heterocycles. The summed E-state index contributed by atoms with van der Waals surface area (Å²) in [5.74, 6) is 0. The quantitative estimate of drug-likeness (QED) is 0.683. The fourth-order valence-corrected chi connectivity index (χ4v) is 2.77. The second-order valence-corrected chi connectivity index (χ2v) is 6.14. The lowest BCUT2D eigenvalue weighted by atomic mass is 9.95. The van der Waals surface area contributed by atoms with Crippen molar-refractivity contribution < 1.29 is 0 Å². The van der Waals surface area contributed by atoms with E-state index in [-0.39, 0.29) is 0 Å². The highest BCUT2D eigenvalue weighted by Gasteiger charge is 2.38. The Morgan fingerprint density at radius 2 is 1.52 bits per heavy atom. The molecule has 0 spiro atoms. The van der Waals surface area contributed by atoms with Crippen molar-refractivity contribution in [2.24, 2.45) is 0 Å². The Morgan fingerprint density at radius 3 is 2.05 bits per heavy atom. The summed E-state index contributed by atoms with van der Waals surface area (Å²) in [6, 6.07) is 19.5. The summed E-state index contributed by atoms with van der Waals surface area (Å²) >= 11 is 0. The first-order valence-electron chi connectivity index (χ1n) is 7.46. The number of nitrogens with zero attached hydrogens (tertiary/aromatic N) is 2. The van der Waals surface area contributed by atoms with E-state index in [1.165, 1.54) is 29.5 Å². The molecule has 2 aromatic carbocycles. The van der Waals surface area contributed by atoms with Gasteiger partial charge in [0.1, 0.15) is 0 Å². The molecule has 4 rings (SSSR count). The molecule has 1 saturated carbocycles. The molecule has 3 aromatic rings. The second-order valence-electron chi connectivity index (χ2n) is 6.14. The van der Waals surface area contributed by atoms with Gasteiger partial charge in [-0.05, 0) is 53.1 Å². The number of aromatic nitrogens is 2. The van der Waals surface area contributed by atoms with Crippen LogP contribution in [0, 0.1) is 0 Å². The van der Waals surface area contributed by atoms with Crippen molar-refractivity contribution in [3.63, 3.8) is 0 Å². The van der Waals surface area contributed by atoms with Crippen LogP contribution in [0.15, 0.2) is 67.0 Å². The fraction of sp³-hybridized carbons (Fsp3) is 0.211. The lowest BCUT2D eigenvalue weighted by molar-refractivity contribution is 0.788. The molecule has 0 N–H and O–H groups in total. The van der Waals surface area contributed by atoms with E-state index in [0.717, 1.165) is 5.69 Å². The summed E-state index contributed by atoms with van der Waals surface area (Å²) in [4.78, 5) is 0. The second kappa shape index (κ2) is 4.59. The molecule has 1 heterocycles. The van der Waals surface area contributed by atoms with E-state index in [2.05, 4.69) is 60.6 Å². The maximum Gasteiger partial charge on any atom is 0.0645 e. The first-order valence-corrected chi connectivity index (χ1v) is 7.46. The van der Waals surface area contributed by atoms with Gasteiger partial charge in [-0.2, -0.15) is 5.10 Å². The Balaban J connectivity index is 1.61. The van der Waals surface area contributed by atoms with Gasteiger partial charge in [-0.1, -0.05) is 43.3 Å². The predicted molar refractivity (Wildman–Crippen MR) is 85.6 cm³/mol. The summed E-state index contributed by atoms with van der Waals surface area (Å²) in [5, 5.41) is 4.25. The molecule has 0 bridgehead atoms. The van der Waals surface area contributed by atoms with Crippen molar-refractivity contribution in [3.05, 3.63) is 72.6 Å². The molecule has 1 aliphatic carbocycles. The minimum atomic E-state index is 0.447. The van der Waals surface area contributed by atoms with E-state index < -0.39 is 0 Å². The van der Waals surface area contributed by atoms with Gasteiger partial charge < -0.3 is 0 Å². The SMILES string of the molecule is CC1(c2ccc(-c3ccc(-n4cccn4)cc3)cc2)CC1. The van der Waals surface area contributed by atoms with Crippen LogP contribution in [0.4, 0.5) is 0 Å². The molecular weight excluding hydrogens is 256 g/mol. The van der Waals surface area contributed by atoms with Crippen molar-refractivity contribution in [3.8, 4) is 16.8 Å². The van der Waals surface area contributed by atoms with E-state index in [1.54, 1.807) is 6.20 Å². The van der Waals surface area contributed by atoms with Crippen molar-refractivity contribution >= 4 is 0 Å². The molecule has 2 nitrogen and oxygen atoms in total. The lowest BCUT2D eigenvalue weighted by Crippen LogP contribution is -1.98. The summed E-state index contributed by atoms with van der Waals surface area (Å²) in [6.45, 7) is 2.35. The van der Waals surface area contributed by atoms with Crippen LogP contribution < -0.4 is 0 Å². The van der Waals surface area contributed by atoms with Crippen molar-refractivity contribution in [2.45, 2.75) is 25.2 Å². The average Bonchev–Trinajstić information content (AvgIpc) is 3.07. The fourth-order valence-electron chi connectivity index (χ4n) is 2.77. The van der Waals surface area contributed by atoms with Gasteiger partial charge in [-0.25, -0.2) is 4.68 Å². The molecule has 0 amide bonds. The molecule has 21 heavy (non-hydrogen) atoms.